The van der Waals surface area contributed by atoms with Gasteiger partial charge in [0.25, 0.3) is 0 Å². The molecule has 0 fully saturated rings. The monoisotopic (exact) mass is 371 g/mol. The van der Waals surface area contributed by atoms with E-state index in [9.17, 15) is 4.79 Å². The number of carbonyl (C=O) groups is 1. The summed E-state index contributed by atoms with van der Waals surface area (Å²) in [6.07, 6.45) is 2.26. The number of aromatic nitrogens is 4. The quantitative estimate of drug-likeness (QED) is 0.665. The Morgan fingerprint density at radius 3 is 2.70 bits per heavy atom. The lowest BCUT2D eigenvalue weighted by Crippen LogP contribution is -2.21. The largest absolute Gasteiger partial charge is 0.462 e. The lowest BCUT2D eigenvalue weighted by molar-refractivity contribution is 0.0527. The summed E-state index contributed by atoms with van der Waals surface area (Å²) in [5.41, 5.74) is 4.57. The molecule has 0 amide bonds. The van der Waals surface area contributed by atoms with Crippen LogP contribution in [0.4, 0.5) is 5.69 Å². The molecule has 1 atom stereocenters. The molecule has 27 heavy (non-hydrogen) atoms. The van der Waals surface area contributed by atoms with Crippen LogP contribution < -0.4 is 5.32 Å². The first-order chi connectivity index (χ1) is 12.8. The Labute approximate surface area is 157 Å². The second kappa shape index (κ2) is 7.38. The van der Waals surface area contributed by atoms with Crippen LogP contribution in [0.2, 0.25) is 0 Å². The van der Waals surface area contributed by atoms with Gasteiger partial charge in [0.05, 0.1) is 29.1 Å². The summed E-state index contributed by atoms with van der Waals surface area (Å²) in [6, 6.07) is 0.0279. The third kappa shape index (κ3) is 3.51. The number of rotatable bonds is 6. The minimum absolute atomic E-state index is 0.0279. The molecule has 8 heteroatoms. The number of pyridine rings is 1. The SMILES string of the molecule is CCOC(=O)c1cnc2c(c(C)nn2C)c1NC(C)Cc1c(C)noc1C. The van der Waals surface area contributed by atoms with Gasteiger partial charge in [0.1, 0.15) is 11.3 Å². The molecule has 1 N–H and O–H groups in total. The fourth-order valence-corrected chi connectivity index (χ4v) is 3.32. The fraction of sp³-hybridized carbons (Fsp3) is 0.474. The highest BCUT2D eigenvalue weighted by molar-refractivity contribution is 6.05. The van der Waals surface area contributed by atoms with Crippen molar-refractivity contribution in [3.8, 4) is 0 Å². The molecule has 0 saturated carbocycles. The van der Waals surface area contributed by atoms with Crippen LogP contribution in [0.1, 0.15) is 46.9 Å². The van der Waals surface area contributed by atoms with E-state index in [2.05, 4.69) is 27.5 Å². The van der Waals surface area contributed by atoms with Gasteiger partial charge in [-0.1, -0.05) is 5.16 Å². The first-order valence-electron chi connectivity index (χ1n) is 9.01. The van der Waals surface area contributed by atoms with Crippen LogP contribution in [-0.4, -0.2) is 38.5 Å². The molecule has 8 nitrogen and oxygen atoms in total. The van der Waals surface area contributed by atoms with Gasteiger partial charge in [-0.05, 0) is 41.0 Å². The standard InChI is InChI=1S/C19H25N5O3/c1-7-26-19(25)15-9-20-18-16(12(4)22-24(18)6)17(15)21-10(2)8-14-11(3)23-27-13(14)5/h9-10H,7-8H2,1-6H3,(H,20,21). The average molecular weight is 371 g/mol. The molecule has 0 aliphatic carbocycles. The number of ether oxygens (including phenoxy) is 1. The second-order valence-electron chi connectivity index (χ2n) is 6.73. The Kier molecular flexibility index (Phi) is 5.16. The van der Waals surface area contributed by atoms with Crippen molar-refractivity contribution in [2.45, 2.75) is 47.1 Å². The number of hydrogen-bond donors (Lipinski definition) is 1. The van der Waals surface area contributed by atoms with Gasteiger partial charge in [-0.15, -0.1) is 0 Å². The molecule has 3 aromatic heterocycles. The maximum atomic E-state index is 12.5. The first-order valence-corrected chi connectivity index (χ1v) is 9.01. The smallest absolute Gasteiger partial charge is 0.341 e. The molecule has 3 aromatic rings. The predicted molar refractivity (Wildman–Crippen MR) is 102 cm³/mol. The number of esters is 1. The topological polar surface area (TPSA) is 95.1 Å². The Morgan fingerprint density at radius 1 is 1.33 bits per heavy atom. The van der Waals surface area contributed by atoms with E-state index in [1.54, 1.807) is 17.8 Å². The summed E-state index contributed by atoms with van der Waals surface area (Å²) in [6.45, 7) is 9.88. The van der Waals surface area contributed by atoms with Crippen molar-refractivity contribution in [3.05, 3.63) is 34.5 Å². The number of nitrogens with zero attached hydrogens (tertiary/aromatic N) is 4. The molecule has 1 unspecified atom stereocenters. The number of aryl methyl sites for hydroxylation is 4. The number of nitrogens with one attached hydrogen (secondary N) is 1. The van der Waals surface area contributed by atoms with Crippen molar-refractivity contribution < 1.29 is 14.1 Å². The van der Waals surface area contributed by atoms with Gasteiger partial charge in [-0.25, -0.2) is 9.78 Å². The molecule has 0 saturated heterocycles. The summed E-state index contributed by atoms with van der Waals surface area (Å²) in [5.74, 6) is 0.409. The number of anilines is 1. The third-order valence-electron chi connectivity index (χ3n) is 4.60. The summed E-state index contributed by atoms with van der Waals surface area (Å²) >= 11 is 0. The highest BCUT2D eigenvalue weighted by Crippen LogP contribution is 2.30. The Morgan fingerprint density at radius 2 is 2.07 bits per heavy atom. The van der Waals surface area contributed by atoms with Crippen LogP contribution in [0.3, 0.4) is 0 Å². The van der Waals surface area contributed by atoms with Crippen LogP contribution in [0.15, 0.2) is 10.7 Å². The zero-order valence-corrected chi connectivity index (χ0v) is 16.6. The Hall–Kier alpha value is -2.90. The van der Waals surface area contributed by atoms with Gasteiger partial charge in [0.2, 0.25) is 0 Å². The second-order valence-corrected chi connectivity index (χ2v) is 6.73. The Bertz CT molecular complexity index is 970. The van der Waals surface area contributed by atoms with Crippen molar-refractivity contribution >= 4 is 22.7 Å². The lowest BCUT2D eigenvalue weighted by atomic mass is 10.0. The van der Waals surface area contributed by atoms with Crippen molar-refractivity contribution in [1.29, 1.82) is 0 Å². The summed E-state index contributed by atoms with van der Waals surface area (Å²) in [7, 11) is 1.84. The third-order valence-corrected chi connectivity index (χ3v) is 4.60. The number of hydrogen-bond acceptors (Lipinski definition) is 7. The van der Waals surface area contributed by atoms with Crippen LogP contribution in [0.5, 0.6) is 0 Å². The number of fused-ring (bicyclic) bond motifs is 1. The molecule has 144 valence electrons. The molecule has 0 aliphatic heterocycles. The lowest BCUT2D eigenvalue weighted by Gasteiger charge is -2.18. The molecule has 0 spiro atoms. The van der Waals surface area contributed by atoms with Crippen molar-refractivity contribution in [2.24, 2.45) is 7.05 Å². The van der Waals surface area contributed by atoms with Crippen LogP contribution in [0, 0.1) is 20.8 Å². The molecule has 3 rings (SSSR count). The van der Waals surface area contributed by atoms with Gasteiger partial charge < -0.3 is 14.6 Å². The van der Waals surface area contributed by atoms with Crippen molar-refractivity contribution in [2.75, 3.05) is 11.9 Å². The van der Waals surface area contributed by atoms with E-state index in [4.69, 9.17) is 9.26 Å². The normalized spacial score (nSPS) is 12.4. The molecule has 0 aliphatic rings. The van der Waals surface area contributed by atoms with E-state index in [0.717, 1.165) is 28.1 Å². The molecule has 0 radical (unpaired) electrons. The van der Waals surface area contributed by atoms with Gasteiger partial charge in [-0.3, -0.25) is 4.68 Å². The van der Waals surface area contributed by atoms with E-state index in [-0.39, 0.29) is 6.04 Å². The maximum Gasteiger partial charge on any atom is 0.341 e. The van der Waals surface area contributed by atoms with Crippen LogP contribution >= 0.6 is 0 Å². The van der Waals surface area contributed by atoms with Crippen molar-refractivity contribution in [3.63, 3.8) is 0 Å². The van der Waals surface area contributed by atoms with Gasteiger partial charge >= 0.3 is 5.97 Å². The van der Waals surface area contributed by atoms with Crippen LogP contribution in [-0.2, 0) is 18.2 Å². The fourth-order valence-electron chi connectivity index (χ4n) is 3.32. The van der Waals surface area contributed by atoms with Crippen molar-refractivity contribution in [1.82, 2.24) is 19.9 Å². The average Bonchev–Trinajstić information content (AvgIpc) is 3.08. The molecular weight excluding hydrogens is 346 g/mol. The zero-order valence-electron chi connectivity index (χ0n) is 16.6. The molecular formula is C19H25N5O3. The van der Waals surface area contributed by atoms with E-state index < -0.39 is 5.97 Å². The predicted octanol–water partition coefficient (Wildman–Crippen LogP) is 3.10. The van der Waals surface area contributed by atoms with Gasteiger partial charge in [0, 0.05) is 24.8 Å². The minimum atomic E-state index is -0.401. The zero-order chi connectivity index (χ0) is 19.7. The summed E-state index contributed by atoms with van der Waals surface area (Å²) in [5, 5.41) is 12.8. The highest BCUT2D eigenvalue weighted by Gasteiger charge is 2.22. The van der Waals surface area contributed by atoms with E-state index >= 15 is 0 Å². The van der Waals surface area contributed by atoms with Gasteiger partial charge in [-0.2, -0.15) is 5.10 Å². The van der Waals surface area contributed by atoms with Gasteiger partial charge in [0.15, 0.2) is 5.65 Å². The van der Waals surface area contributed by atoms with E-state index in [0.29, 0.717) is 29.9 Å². The Balaban J connectivity index is 2.02. The summed E-state index contributed by atoms with van der Waals surface area (Å²) < 4.78 is 12.2. The number of carbonyl (C=O) groups excluding carboxylic acids is 1. The first kappa shape index (κ1) is 18.9. The maximum absolute atomic E-state index is 12.5. The molecule has 3 heterocycles. The molecule has 0 aromatic carbocycles. The van der Waals surface area contributed by atoms with E-state index in [1.165, 1.54) is 0 Å². The molecule has 0 bridgehead atoms. The van der Waals surface area contributed by atoms with Crippen LogP contribution in [0.25, 0.3) is 11.0 Å². The summed E-state index contributed by atoms with van der Waals surface area (Å²) in [4.78, 5) is 16.9. The minimum Gasteiger partial charge on any atom is -0.462 e. The van der Waals surface area contributed by atoms with E-state index in [1.807, 2.05) is 27.8 Å². The highest BCUT2D eigenvalue weighted by atomic mass is 16.5.